The average molecular weight is 364 g/mol. The number of aliphatic hydroxyl groups is 1. The summed E-state index contributed by atoms with van der Waals surface area (Å²) < 4.78 is 0. The first-order valence-electron chi connectivity index (χ1n) is 8.50. The van der Waals surface area contributed by atoms with Crippen LogP contribution in [0.3, 0.4) is 0 Å². The normalized spacial score (nSPS) is 18.7. The number of nitrogens with zero attached hydrogens (tertiary/aromatic N) is 1. The van der Waals surface area contributed by atoms with Crippen LogP contribution in [0.25, 0.3) is 5.76 Å². The number of carboxylic acids is 1. The van der Waals surface area contributed by atoms with Gasteiger partial charge in [0.2, 0.25) is 0 Å². The summed E-state index contributed by atoms with van der Waals surface area (Å²) >= 11 is 0. The standard InChI is InChI=1S/C21H19NO5/c1-13-7-9-14(10-8-13)18-17(19(25)15-5-3-2-4-6-15)20(26)21(27)22(18)12-11-16(23)24/h2-10,18,25H,11-12H2,1H3,(H,23,24)/p-1/t18-/m1/s1. The number of amides is 1. The van der Waals surface area contributed by atoms with Gasteiger partial charge in [-0.25, -0.2) is 0 Å². The molecule has 1 N–H and O–H groups in total. The van der Waals surface area contributed by atoms with Crippen molar-refractivity contribution < 1.29 is 24.6 Å². The van der Waals surface area contributed by atoms with Crippen LogP contribution in [0.4, 0.5) is 0 Å². The Labute approximate surface area is 156 Å². The van der Waals surface area contributed by atoms with Gasteiger partial charge >= 0.3 is 0 Å². The molecule has 0 aromatic heterocycles. The number of carbonyl (C=O) groups excluding carboxylic acids is 3. The van der Waals surface area contributed by atoms with Gasteiger partial charge in [-0.2, -0.15) is 0 Å². The maximum Gasteiger partial charge on any atom is 0.295 e. The Morgan fingerprint density at radius 3 is 2.30 bits per heavy atom. The summed E-state index contributed by atoms with van der Waals surface area (Å²) in [6.45, 7) is 1.72. The summed E-state index contributed by atoms with van der Waals surface area (Å²) in [5, 5.41) is 21.6. The molecule has 0 saturated carbocycles. The van der Waals surface area contributed by atoms with Crippen LogP contribution >= 0.6 is 0 Å². The Hall–Kier alpha value is -3.41. The van der Waals surface area contributed by atoms with Gasteiger partial charge in [0, 0.05) is 24.5 Å². The Kier molecular flexibility index (Phi) is 5.07. The number of aryl methyl sites for hydroxylation is 1. The zero-order valence-corrected chi connectivity index (χ0v) is 14.7. The Morgan fingerprint density at radius 2 is 1.70 bits per heavy atom. The van der Waals surface area contributed by atoms with Crippen molar-refractivity contribution in [3.05, 3.63) is 76.9 Å². The minimum atomic E-state index is -1.32. The summed E-state index contributed by atoms with van der Waals surface area (Å²) in [5.74, 6) is -3.27. The molecule has 1 saturated heterocycles. The molecule has 0 spiro atoms. The smallest absolute Gasteiger partial charge is 0.295 e. The third-order valence-electron chi connectivity index (χ3n) is 4.54. The highest BCUT2D eigenvalue weighted by Gasteiger charge is 2.45. The number of aliphatic carboxylic acids is 1. The highest BCUT2D eigenvalue weighted by molar-refractivity contribution is 6.46. The predicted octanol–water partition coefficient (Wildman–Crippen LogP) is 1.56. The summed E-state index contributed by atoms with van der Waals surface area (Å²) in [6.07, 6.45) is -0.402. The lowest BCUT2D eigenvalue weighted by Crippen LogP contribution is -2.34. The fourth-order valence-electron chi connectivity index (χ4n) is 3.17. The largest absolute Gasteiger partial charge is 0.550 e. The molecule has 27 heavy (non-hydrogen) atoms. The molecule has 6 heteroatoms. The van der Waals surface area contributed by atoms with Gasteiger partial charge in [0.25, 0.3) is 11.7 Å². The highest BCUT2D eigenvalue weighted by Crippen LogP contribution is 2.39. The molecule has 138 valence electrons. The first-order valence-corrected chi connectivity index (χ1v) is 8.50. The van der Waals surface area contributed by atoms with Crippen molar-refractivity contribution in [2.45, 2.75) is 19.4 Å². The summed E-state index contributed by atoms with van der Waals surface area (Å²) in [7, 11) is 0. The van der Waals surface area contributed by atoms with Crippen LogP contribution in [0, 0.1) is 6.92 Å². The van der Waals surface area contributed by atoms with Crippen molar-refractivity contribution in [1.29, 1.82) is 0 Å². The Balaban J connectivity index is 2.14. The molecular formula is C21H18NO5-. The number of rotatable bonds is 5. The zero-order valence-electron chi connectivity index (χ0n) is 14.7. The molecule has 0 aliphatic carbocycles. The van der Waals surface area contributed by atoms with Crippen LogP contribution in [-0.4, -0.2) is 34.2 Å². The lowest BCUT2D eigenvalue weighted by Gasteiger charge is -2.25. The molecule has 6 nitrogen and oxygen atoms in total. The topological polar surface area (TPSA) is 97.7 Å². The van der Waals surface area contributed by atoms with Gasteiger partial charge in [0.05, 0.1) is 11.6 Å². The maximum absolute atomic E-state index is 12.7. The van der Waals surface area contributed by atoms with E-state index in [1.807, 2.05) is 19.1 Å². The molecule has 0 bridgehead atoms. The van der Waals surface area contributed by atoms with E-state index in [0.717, 1.165) is 5.56 Å². The summed E-state index contributed by atoms with van der Waals surface area (Å²) in [4.78, 5) is 37.2. The van der Waals surface area contributed by atoms with Crippen molar-refractivity contribution in [3.63, 3.8) is 0 Å². The van der Waals surface area contributed by atoms with Crippen molar-refractivity contribution in [2.75, 3.05) is 6.54 Å². The fourth-order valence-corrected chi connectivity index (χ4v) is 3.17. The maximum atomic E-state index is 12.7. The van der Waals surface area contributed by atoms with Crippen LogP contribution in [-0.2, 0) is 14.4 Å². The number of likely N-dealkylation sites (tertiary alicyclic amines) is 1. The second kappa shape index (κ2) is 7.45. The van der Waals surface area contributed by atoms with Gasteiger partial charge in [-0.15, -0.1) is 0 Å². The second-order valence-electron chi connectivity index (χ2n) is 6.39. The SMILES string of the molecule is Cc1ccc([C@@H]2C(=C(O)c3ccccc3)C(=O)C(=O)N2CCC(=O)[O-])cc1. The Bertz CT molecular complexity index is 915. The van der Waals surface area contributed by atoms with E-state index in [4.69, 9.17) is 0 Å². The van der Waals surface area contributed by atoms with E-state index in [2.05, 4.69) is 0 Å². The van der Waals surface area contributed by atoms with E-state index in [1.54, 1.807) is 42.5 Å². The number of carboxylic acid groups (broad SMARTS) is 1. The van der Waals surface area contributed by atoms with E-state index in [-0.39, 0.29) is 17.9 Å². The molecule has 0 unspecified atom stereocenters. The highest BCUT2D eigenvalue weighted by atomic mass is 16.4. The van der Waals surface area contributed by atoms with Crippen LogP contribution < -0.4 is 5.11 Å². The number of carbonyl (C=O) groups is 3. The summed E-state index contributed by atoms with van der Waals surface area (Å²) in [5.41, 5.74) is 1.98. The van der Waals surface area contributed by atoms with Crippen LogP contribution in [0.5, 0.6) is 0 Å². The molecule has 1 heterocycles. The zero-order chi connectivity index (χ0) is 19.6. The van der Waals surface area contributed by atoms with Crippen molar-refractivity contribution in [2.24, 2.45) is 0 Å². The third kappa shape index (κ3) is 3.60. The monoisotopic (exact) mass is 364 g/mol. The van der Waals surface area contributed by atoms with E-state index >= 15 is 0 Å². The molecule has 1 aliphatic heterocycles. The van der Waals surface area contributed by atoms with Crippen LogP contribution in [0.15, 0.2) is 60.2 Å². The predicted molar refractivity (Wildman–Crippen MR) is 96.3 cm³/mol. The number of Topliss-reactive ketones (excluding diaryl/α,β-unsaturated/α-hetero) is 1. The number of hydrogen-bond acceptors (Lipinski definition) is 5. The second-order valence-corrected chi connectivity index (χ2v) is 6.39. The first-order chi connectivity index (χ1) is 12.9. The average Bonchev–Trinajstić information content (AvgIpc) is 2.91. The Morgan fingerprint density at radius 1 is 1.07 bits per heavy atom. The molecule has 1 fully saturated rings. The van der Waals surface area contributed by atoms with Gasteiger partial charge in [-0.1, -0.05) is 60.2 Å². The van der Waals surface area contributed by atoms with Crippen LogP contribution in [0.1, 0.15) is 29.2 Å². The fraction of sp³-hybridized carbons (Fsp3) is 0.190. The van der Waals surface area contributed by atoms with E-state index < -0.39 is 30.1 Å². The van der Waals surface area contributed by atoms with E-state index in [1.165, 1.54) is 4.90 Å². The van der Waals surface area contributed by atoms with Crippen molar-refractivity contribution in [3.8, 4) is 0 Å². The molecule has 1 aliphatic rings. The van der Waals surface area contributed by atoms with E-state index in [0.29, 0.717) is 11.1 Å². The third-order valence-corrected chi connectivity index (χ3v) is 4.54. The molecule has 0 radical (unpaired) electrons. The van der Waals surface area contributed by atoms with Crippen LogP contribution in [0.2, 0.25) is 0 Å². The number of benzene rings is 2. The lowest BCUT2D eigenvalue weighted by atomic mass is 9.94. The van der Waals surface area contributed by atoms with Crippen molar-refractivity contribution >= 4 is 23.4 Å². The van der Waals surface area contributed by atoms with Gasteiger partial charge < -0.3 is 19.9 Å². The minimum absolute atomic E-state index is 0.0478. The van der Waals surface area contributed by atoms with Gasteiger partial charge in [0.1, 0.15) is 5.76 Å². The molecule has 1 amide bonds. The lowest BCUT2D eigenvalue weighted by molar-refractivity contribution is -0.305. The first kappa shape index (κ1) is 18.4. The van der Waals surface area contributed by atoms with Gasteiger partial charge in [0.15, 0.2) is 0 Å². The molecule has 1 atom stereocenters. The van der Waals surface area contributed by atoms with E-state index in [9.17, 15) is 24.6 Å². The number of ketones is 1. The summed E-state index contributed by atoms with van der Waals surface area (Å²) in [6, 6.07) is 14.8. The molecular weight excluding hydrogens is 346 g/mol. The van der Waals surface area contributed by atoms with Crippen molar-refractivity contribution in [1.82, 2.24) is 4.90 Å². The number of hydrogen-bond donors (Lipinski definition) is 1. The van der Waals surface area contributed by atoms with Gasteiger partial charge in [-0.05, 0) is 12.5 Å². The molecule has 2 aromatic carbocycles. The molecule has 3 rings (SSSR count). The minimum Gasteiger partial charge on any atom is -0.550 e. The number of aliphatic hydroxyl groups excluding tert-OH is 1. The quantitative estimate of drug-likeness (QED) is 0.493. The van der Waals surface area contributed by atoms with Gasteiger partial charge in [-0.3, -0.25) is 9.59 Å². The molecule has 2 aromatic rings.